The highest BCUT2D eigenvalue weighted by Crippen LogP contribution is 2.26. The van der Waals surface area contributed by atoms with Crippen LogP contribution in [0.2, 0.25) is 0 Å². The Morgan fingerprint density at radius 3 is 2.71 bits per heavy atom. The van der Waals surface area contributed by atoms with Gasteiger partial charge in [0.05, 0.1) is 12.0 Å². The van der Waals surface area contributed by atoms with Crippen molar-refractivity contribution in [3.8, 4) is 5.75 Å². The lowest BCUT2D eigenvalue weighted by atomic mass is 10.0. The van der Waals surface area contributed by atoms with E-state index in [1.165, 1.54) is 23.5 Å². The van der Waals surface area contributed by atoms with E-state index in [4.69, 9.17) is 4.74 Å². The van der Waals surface area contributed by atoms with Crippen LogP contribution in [0.15, 0.2) is 23.1 Å². The summed E-state index contributed by atoms with van der Waals surface area (Å²) >= 11 is 0. The second-order valence-corrected chi connectivity index (χ2v) is 7.09. The van der Waals surface area contributed by atoms with Gasteiger partial charge in [0.1, 0.15) is 5.75 Å². The van der Waals surface area contributed by atoms with E-state index >= 15 is 0 Å². The summed E-state index contributed by atoms with van der Waals surface area (Å²) in [7, 11) is -2.17. The SMILES string of the molecule is COc1ccc(S(=O)(=O)N2CCC[C@H](C(=O)[O-])C2)cc1C. The number of aryl methyl sites for hydroxylation is 1. The van der Waals surface area contributed by atoms with Gasteiger partial charge in [0, 0.05) is 25.0 Å². The summed E-state index contributed by atoms with van der Waals surface area (Å²) in [6.45, 7) is 2.06. The standard InChI is InChI=1S/C14H19NO5S/c1-10-8-12(5-6-13(10)20-2)21(18,19)15-7-3-4-11(9-15)14(16)17/h5-6,8,11H,3-4,7,9H2,1-2H3,(H,16,17)/p-1/t11-/m0/s1. The molecule has 1 atom stereocenters. The first-order chi connectivity index (χ1) is 9.86. The van der Waals surface area contributed by atoms with Gasteiger partial charge in [0.2, 0.25) is 10.0 Å². The first kappa shape index (κ1) is 15.8. The summed E-state index contributed by atoms with van der Waals surface area (Å²) in [5, 5.41) is 11.0. The van der Waals surface area contributed by atoms with Crippen LogP contribution < -0.4 is 9.84 Å². The van der Waals surface area contributed by atoms with Gasteiger partial charge in [-0.05, 0) is 43.5 Å². The van der Waals surface area contributed by atoms with Crippen LogP contribution >= 0.6 is 0 Å². The molecule has 0 bridgehead atoms. The van der Waals surface area contributed by atoms with Crippen molar-refractivity contribution in [2.24, 2.45) is 5.92 Å². The lowest BCUT2D eigenvalue weighted by Gasteiger charge is -2.32. The van der Waals surface area contributed by atoms with Crippen molar-refractivity contribution in [1.82, 2.24) is 4.31 Å². The van der Waals surface area contributed by atoms with Gasteiger partial charge >= 0.3 is 0 Å². The number of hydrogen-bond donors (Lipinski definition) is 0. The fourth-order valence-electron chi connectivity index (χ4n) is 2.51. The molecule has 1 fully saturated rings. The van der Waals surface area contributed by atoms with E-state index in [1.54, 1.807) is 13.0 Å². The number of sulfonamides is 1. The number of benzene rings is 1. The Morgan fingerprint density at radius 1 is 1.43 bits per heavy atom. The zero-order valence-electron chi connectivity index (χ0n) is 12.0. The second-order valence-electron chi connectivity index (χ2n) is 5.15. The second kappa shape index (κ2) is 6.03. The number of hydrogen-bond acceptors (Lipinski definition) is 5. The number of carbonyl (C=O) groups excluding carboxylic acids is 1. The minimum absolute atomic E-state index is 0.0320. The van der Waals surface area contributed by atoms with Gasteiger partial charge in [-0.2, -0.15) is 4.31 Å². The molecule has 2 rings (SSSR count). The van der Waals surface area contributed by atoms with E-state index in [9.17, 15) is 18.3 Å². The highest BCUT2D eigenvalue weighted by atomic mass is 32.2. The maximum absolute atomic E-state index is 12.6. The first-order valence-electron chi connectivity index (χ1n) is 6.72. The third kappa shape index (κ3) is 3.19. The quantitative estimate of drug-likeness (QED) is 0.790. The molecule has 1 aromatic carbocycles. The number of piperidine rings is 1. The highest BCUT2D eigenvalue weighted by Gasteiger charge is 2.30. The van der Waals surface area contributed by atoms with Crippen molar-refractivity contribution in [3.05, 3.63) is 23.8 Å². The normalized spacial score (nSPS) is 20.2. The summed E-state index contributed by atoms with van der Waals surface area (Å²) < 4.78 is 31.5. The molecule has 0 N–H and O–H groups in total. The van der Waals surface area contributed by atoms with Crippen molar-refractivity contribution < 1.29 is 23.1 Å². The lowest BCUT2D eigenvalue weighted by molar-refractivity contribution is -0.312. The number of carboxylic acids is 1. The molecule has 1 aliphatic heterocycles. The van der Waals surface area contributed by atoms with Crippen molar-refractivity contribution >= 4 is 16.0 Å². The smallest absolute Gasteiger partial charge is 0.243 e. The Kier molecular flexibility index (Phi) is 4.53. The molecule has 0 aliphatic carbocycles. The fraction of sp³-hybridized carbons (Fsp3) is 0.500. The largest absolute Gasteiger partial charge is 0.550 e. The van der Waals surface area contributed by atoms with Gasteiger partial charge in [0.15, 0.2) is 0 Å². The summed E-state index contributed by atoms with van der Waals surface area (Å²) in [4.78, 5) is 11.1. The van der Waals surface area contributed by atoms with Gasteiger partial charge in [-0.15, -0.1) is 0 Å². The van der Waals surface area contributed by atoms with Gasteiger partial charge in [-0.25, -0.2) is 8.42 Å². The zero-order chi connectivity index (χ0) is 15.6. The number of nitrogens with zero attached hydrogens (tertiary/aromatic N) is 1. The Morgan fingerprint density at radius 2 is 2.14 bits per heavy atom. The molecule has 1 aromatic rings. The van der Waals surface area contributed by atoms with E-state index in [2.05, 4.69) is 0 Å². The van der Waals surface area contributed by atoms with Gasteiger partial charge in [-0.3, -0.25) is 0 Å². The Hall–Kier alpha value is -1.60. The molecule has 21 heavy (non-hydrogen) atoms. The molecule has 7 heteroatoms. The molecular formula is C14H18NO5S-. The number of carboxylic acid groups (broad SMARTS) is 1. The number of methoxy groups -OCH3 is 1. The molecule has 0 aromatic heterocycles. The summed E-state index contributed by atoms with van der Waals surface area (Å²) in [6, 6.07) is 4.61. The molecule has 0 spiro atoms. The molecular weight excluding hydrogens is 294 g/mol. The van der Waals surface area contributed by atoms with Gasteiger partial charge < -0.3 is 14.6 Å². The van der Waals surface area contributed by atoms with Crippen LogP contribution in [-0.2, 0) is 14.8 Å². The van der Waals surface area contributed by atoms with Crippen LogP contribution in [0.25, 0.3) is 0 Å². The third-order valence-electron chi connectivity index (χ3n) is 3.72. The van der Waals surface area contributed by atoms with Crippen molar-refractivity contribution in [3.63, 3.8) is 0 Å². The van der Waals surface area contributed by atoms with Crippen LogP contribution in [0.3, 0.4) is 0 Å². The molecule has 0 amide bonds. The molecule has 1 saturated heterocycles. The summed E-state index contributed by atoms with van der Waals surface area (Å²) in [5.74, 6) is -1.33. The molecule has 6 nitrogen and oxygen atoms in total. The molecule has 116 valence electrons. The van der Waals surface area contributed by atoms with Crippen molar-refractivity contribution in [1.29, 1.82) is 0 Å². The Labute approximate surface area is 124 Å². The minimum atomic E-state index is -3.69. The highest BCUT2D eigenvalue weighted by molar-refractivity contribution is 7.89. The lowest BCUT2D eigenvalue weighted by Crippen LogP contribution is -2.46. The Balaban J connectivity index is 2.29. The summed E-state index contributed by atoms with van der Waals surface area (Å²) in [5.41, 5.74) is 0.715. The molecule has 0 radical (unpaired) electrons. The molecule has 1 heterocycles. The van der Waals surface area contributed by atoms with Crippen LogP contribution in [0.4, 0.5) is 0 Å². The van der Waals surface area contributed by atoms with Crippen LogP contribution in [0.5, 0.6) is 5.75 Å². The maximum Gasteiger partial charge on any atom is 0.243 e. The maximum atomic E-state index is 12.6. The minimum Gasteiger partial charge on any atom is -0.550 e. The zero-order valence-corrected chi connectivity index (χ0v) is 12.9. The summed E-state index contributed by atoms with van der Waals surface area (Å²) in [6.07, 6.45) is 0.975. The molecule has 1 aliphatic rings. The van der Waals surface area contributed by atoms with E-state index in [0.29, 0.717) is 30.7 Å². The third-order valence-corrected chi connectivity index (χ3v) is 5.58. The van der Waals surface area contributed by atoms with Crippen LogP contribution in [0.1, 0.15) is 18.4 Å². The van der Waals surface area contributed by atoms with E-state index in [-0.39, 0.29) is 11.4 Å². The predicted molar refractivity (Wildman–Crippen MR) is 74.2 cm³/mol. The van der Waals surface area contributed by atoms with E-state index in [1.807, 2.05) is 0 Å². The monoisotopic (exact) mass is 312 g/mol. The number of carbonyl (C=O) groups is 1. The fourth-order valence-corrected chi connectivity index (χ4v) is 4.12. The van der Waals surface area contributed by atoms with Gasteiger partial charge in [0.25, 0.3) is 0 Å². The molecule has 0 saturated carbocycles. The average Bonchev–Trinajstić information content (AvgIpc) is 2.47. The average molecular weight is 312 g/mol. The van der Waals surface area contributed by atoms with Gasteiger partial charge in [-0.1, -0.05) is 0 Å². The predicted octanol–water partition coefficient (Wildman–Crippen LogP) is 0.154. The van der Waals surface area contributed by atoms with Crippen molar-refractivity contribution in [2.75, 3.05) is 20.2 Å². The van der Waals surface area contributed by atoms with Crippen LogP contribution in [-0.4, -0.2) is 38.9 Å². The van der Waals surface area contributed by atoms with E-state index < -0.39 is 21.9 Å². The first-order valence-corrected chi connectivity index (χ1v) is 8.16. The van der Waals surface area contributed by atoms with Crippen molar-refractivity contribution in [2.45, 2.75) is 24.7 Å². The van der Waals surface area contributed by atoms with E-state index in [0.717, 1.165) is 0 Å². The Bertz CT molecular complexity index is 641. The molecule has 0 unspecified atom stereocenters. The number of rotatable bonds is 4. The topological polar surface area (TPSA) is 86.7 Å². The number of aliphatic carboxylic acids is 1. The van der Waals surface area contributed by atoms with Crippen LogP contribution in [0, 0.1) is 12.8 Å². The number of ether oxygens (including phenoxy) is 1.